The molecule has 0 bridgehead atoms. The van der Waals surface area contributed by atoms with E-state index in [2.05, 4.69) is 0 Å². The first-order valence-electron chi connectivity index (χ1n) is 6.38. The maximum Gasteiger partial charge on any atom is 0.308 e. The monoisotopic (exact) mass is 261 g/mol. The lowest BCUT2D eigenvalue weighted by molar-refractivity contribution is -0.141. The Kier molecular flexibility index (Phi) is 2.89. The normalized spacial score (nSPS) is 25.3. The van der Waals surface area contributed by atoms with Crippen molar-refractivity contribution in [3.05, 3.63) is 29.8 Å². The SMILES string of the molecule is O=C(O)C1CC(=O)N(CC2Cc3ccccc3O2)C1. The van der Waals surface area contributed by atoms with Gasteiger partial charge in [0, 0.05) is 19.4 Å². The van der Waals surface area contributed by atoms with Crippen LogP contribution in [0, 0.1) is 5.92 Å². The van der Waals surface area contributed by atoms with E-state index in [-0.39, 0.29) is 18.4 Å². The Morgan fingerprint density at radius 1 is 1.37 bits per heavy atom. The Balaban J connectivity index is 1.62. The Hall–Kier alpha value is -2.04. The number of carboxylic acids is 1. The molecule has 0 saturated carbocycles. The lowest BCUT2D eigenvalue weighted by atomic mass is 10.1. The Bertz CT molecular complexity index is 503. The molecule has 0 aromatic heterocycles. The zero-order valence-corrected chi connectivity index (χ0v) is 10.4. The first-order chi connectivity index (χ1) is 9.13. The van der Waals surface area contributed by atoms with E-state index in [0.29, 0.717) is 13.1 Å². The van der Waals surface area contributed by atoms with E-state index in [1.807, 2.05) is 24.3 Å². The number of carbonyl (C=O) groups is 2. The number of amides is 1. The fourth-order valence-corrected chi connectivity index (χ4v) is 2.72. The highest BCUT2D eigenvalue weighted by Gasteiger charge is 2.36. The Morgan fingerprint density at radius 3 is 2.84 bits per heavy atom. The zero-order chi connectivity index (χ0) is 13.4. The van der Waals surface area contributed by atoms with Crippen LogP contribution >= 0.6 is 0 Å². The van der Waals surface area contributed by atoms with Gasteiger partial charge in [0.05, 0.1) is 12.5 Å². The largest absolute Gasteiger partial charge is 0.488 e. The van der Waals surface area contributed by atoms with Crippen LogP contribution in [0.4, 0.5) is 0 Å². The third-order valence-electron chi connectivity index (χ3n) is 3.70. The van der Waals surface area contributed by atoms with E-state index in [1.54, 1.807) is 4.90 Å². The number of rotatable bonds is 3. The molecule has 2 aliphatic heterocycles. The highest BCUT2D eigenvalue weighted by Crippen LogP contribution is 2.29. The van der Waals surface area contributed by atoms with Gasteiger partial charge in [-0.3, -0.25) is 9.59 Å². The summed E-state index contributed by atoms with van der Waals surface area (Å²) in [5, 5.41) is 8.94. The number of aliphatic carboxylic acids is 1. The maximum absolute atomic E-state index is 11.8. The van der Waals surface area contributed by atoms with Gasteiger partial charge in [-0.1, -0.05) is 18.2 Å². The van der Waals surface area contributed by atoms with Gasteiger partial charge in [0.15, 0.2) is 0 Å². The molecule has 2 heterocycles. The molecule has 0 radical (unpaired) electrons. The number of ether oxygens (including phenoxy) is 1. The summed E-state index contributed by atoms with van der Waals surface area (Å²) in [7, 11) is 0. The standard InChI is InChI=1S/C14H15NO4/c16-13-6-10(14(17)18)7-15(13)8-11-5-9-3-1-2-4-12(9)19-11/h1-4,10-11H,5-8H2,(H,17,18). The molecule has 19 heavy (non-hydrogen) atoms. The molecule has 1 aromatic carbocycles. The summed E-state index contributed by atoms with van der Waals surface area (Å²) in [6.07, 6.45) is 0.820. The third-order valence-corrected chi connectivity index (χ3v) is 3.70. The highest BCUT2D eigenvalue weighted by molar-refractivity contribution is 5.86. The van der Waals surface area contributed by atoms with Crippen LogP contribution in [0.2, 0.25) is 0 Å². The van der Waals surface area contributed by atoms with Crippen molar-refractivity contribution in [1.29, 1.82) is 0 Å². The van der Waals surface area contributed by atoms with Gasteiger partial charge in [-0.15, -0.1) is 0 Å². The summed E-state index contributed by atoms with van der Waals surface area (Å²) in [5.74, 6) is -0.691. The first-order valence-corrected chi connectivity index (χ1v) is 6.38. The molecule has 2 aliphatic rings. The molecule has 5 nitrogen and oxygen atoms in total. The molecule has 100 valence electrons. The second-order valence-electron chi connectivity index (χ2n) is 5.09. The van der Waals surface area contributed by atoms with Crippen molar-refractivity contribution in [1.82, 2.24) is 4.90 Å². The molecule has 1 fully saturated rings. The second kappa shape index (κ2) is 4.57. The number of benzene rings is 1. The van der Waals surface area contributed by atoms with Crippen molar-refractivity contribution in [2.45, 2.75) is 18.9 Å². The van der Waals surface area contributed by atoms with Crippen LogP contribution in [0.15, 0.2) is 24.3 Å². The number of hydrogen-bond donors (Lipinski definition) is 1. The molecule has 1 aromatic rings. The van der Waals surface area contributed by atoms with Gasteiger partial charge < -0.3 is 14.7 Å². The fraction of sp³-hybridized carbons (Fsp3) is 0.429. The predicted molar refractivity (Wildman–Crippen MR) is 66.9 cm³/mol. The van der Waals surface area contributed by atoms with Gasteiger partial charge >= 0.3 is 5.97 Å². The number of nitrogens with zero attached hydrogens (tertiary/aromatic N) is 1. The van der Waals surface area contributed by atoms with Crippen molar-refractivity contribution in [3.8, 4) is 5.75 Å². The van der Waals surface area contributed by atoms with E-state index in [0.717, 1.165) is 17.7 Å². The molecule has 1 N–H and O–H groups in total. The predicted octanol–water partition coefficient (Wildman–Crippen LogP) is 0.923. The summed E-state index contributed by atoms with van der Waals surface area (Å²) >= 11 is 0. The summed E-state index contributed by atoms with van der Waals surface area (Å²) in [6, 6.07) is 7.82. The summed E-state index contributed by atoms with van der Waals surface area (Å²) in [4.78, 5) is 24.3. The Labute approximate surface area is 110 Å². The van der Waals surface area contributed by atoms with Crippen molar-refractivity contribution in [3.63, 3.8) is 0 Å². The van der Waals surface area contributed by atoms with Crippen LogP contribution in [-0.4, -0.2) is 41.1 Å². The molecule has 3 rings (SSSR count). The van der Waals surface area contributed by atoms with E-state index in [1.165, 1.54) is 0 Å². The number of para-hydroxylation sites is 1. The van der Waals surface area contributed by atoms with Crippen molar-refractivity contribution >= 4 is 11.9 Å². The van der Waals surface area contributed by atoms with Crippen LogP contribution in [0.1, 0.15) is 12.0 Å². The smallest absolute Gasteiger partial charge is 0.308 e. The van der Waals surface area contributed by atoms with Crippen LogP contribution in [0.3, 0.4) is 0 Å². The molecular formula is C14H15NO4. The lowest BCUT2D eigenvalue weighted by Gasteiger charge is -2.20. The van der Waals surface area contributed by atoms with Gasteiger partial charge in [0.1, 0.15) is 11.9 Å². The zero-order valence-electron chi connectivity index (χ0n) is 10.4. The third kappa shape index (κ3) is 2.28. The van der Waals surface area contributed by atoms with Crippen LogP contribution in [0.25, 0.3) is 0 Å². The van der Waals surface area contributed by atoms with E-state index < -0.39 is 11.9 Å². The van der Waals surface area contributed by atoms with Crippen LogP contribution < -0.4 is 4.74 Å². The second-order valence-corrected chi connectivity index (χ2v) is 5.09. The Morgan fingerprint density at radius 2 is 2.16 bits per heavy atom. The van der Waals surface area contributed by atoms with Gasteiger partial charge in [-0.05, 0) is 11.6 Å². The van der Waals surface area contributed by atoms with Crippen LogP contribution in [-0.2, 0) is 16.0 Å². The van der Waals surface area contributed by atoms with Crippen molar-refractivity contribution in [2.75, 3.05) is 13.1 Å². The fourth-order valence-electron chi connectivity index (χ4n) is 2.72. The quantitative estimate of drug-likeness (QED) is 0.878. The number of fused-ring (bicyclic) bond motifs is 1. The minimum Gasteiger partial charge on any atom is -0.488 e. The molecule has 0 aliphatic carbocycles. The maximum atomic E-state index is 11.8. The molecule has 2 unspecified atom stereocenters. The molecular weight excluding hydrogens is 246 g/mol. The minimum absolute atomic E-state index is 0.0612. The number of likely N-dealkylation sites (tertiary alicyclic amines) is 1. The minimum atomic E-state index is -0.897. The molecule has 1 amide bonds. The summed E-state index contributed by atoms with van der Waals surface area (Å²) < 4.78 is 5.77. The van der Waals surface area contributed by atoms with Crippen molar-refractivity contribution in [2.24, 2.45) is 5.92 Å². The number of carboxylic acid groups (broad SMARTS) is 1. The molecule has 5 heteroatoms. The van der Waals surface area contributed by atoms with Crippen LogP contribution in [0.5, 0.6) is 5.75 Å². The van der Waals surface area contributed by atoms with Gasteiger partial charge in [0.25, 0.3) is 0 Å². The molecule has 1 saturated heterocycles. The molecule has 0 spiro atoms. The van der Waals surface area contributed by atoms with E-state index in [9.17, 15) is 9.59 Å². The summed E-state index contributed by atoms with van der Waals surface area (Å²) in [5.41, 5.74) is 1.15. The van der Waals surface area contributed by atoms with E-state index >= 15 is 0 Å². The van der Waals surface area contributed by atoms with E-state index in [4.69, 9.17) is 9.84 Å². The lowest BCUT2D eigenvalue weighted by Crippen LogP contribution is -2.36. The average Bonchev–Trinajstić information content (AvgIpc) is 2.93. The van der Waals surface area contributed by atoms with Crippen molar-refractivity contribution < 1.29 is 19.4 Å². The molecule has 2 atom stereocenters. The van der Waals surface area contributed by atoms with Gasteiger partial charge in [-0.25, -0.2) is 0 Å². The topological polar surface area (TPSA) is 66.8 Å². The average molecular weight is 261 g/mol. The number of carbonyl (C=O) groups excluding carboxylic acids is 1. The highest BCUT2D eigenvalue weighted by atomic mass is 16.5. The summed E-state index contributed by atoms with van der Waals surface area (Å²) in [6.45, 7) is 0.766. The van der Waals surface area contributed by atoms with Gasteiger partial charge in [0.2, 0.25) is 5.91 Å². The van der Waals surface area contributed by atoms with Gasteiger partial charge in [-0.2, -0.15) is 0 Å². The first kappa shape index (κ1) is 12.0. The number of hydrogen-bond acceptors (Lipinski definition) is 3.